The summed E-state index contributed by atoms with van der Waals surface area (Å²) in [5.74, 6) is 0.740. The third-order valence-corrected chi connectivity index (χ3v) is 5.61. The van der Waals surface area contributed by atoms with Crippen LogP contribution in [0, 0.1) is 0 Å². The van der Waals surface area contributed by atoms with Crippen LogP contribution in [-0.4, -0.2) is 19.1 Å². The third kappa shape index (κ3) is 2.60. The maximum absolute atomic E-state index is 12.8. The molecular weight excluding hydrogens is 338 g/mol. The molecule has 1 aliphatic carbocycles. The summed E-state index contributed by atoms with van der Waals surface area (Å²) >= 11 is 0. The molecule has 0 bridgehead atoms. The van der Waals surface area contributed by atoms with E-state index in [2.05, 4.69) is 15.3 Å². The number of hydrogen-bond acceptors (Lipinski definition) is 4. The SMILES string of the molecule is Cn1c(=O)n(C2CCCC2)c2cc(Nc3cccc4cnccc34)ncc21. The minimum absolute atomic E-state index is 0.0482. The van der Waals surface area contributed by atoms with Gasteiger partial charge >= 0.3 is 5.69 Å². The number of nitrogens with zero attached hydrogens (tertiary/aromatic N) is 4. The number of hydrogen-bond donors (Lipinski definition) is 1. The number of rotatable bonds is 3. The van der Waals surface area contributed by atoms with E-state index in [-0.39, 0.29) is 5.69 Å². The molecule has 0 atom stereocenters. The van der Waals surface area contributed by atoms with Crippen LogP contribution < -0.4 is 11.0 Å². The van der Waals surface area contributed by atoms with Crippen LogP contribution >= 0.6 is 0 Å². The first-order valence-electron chi connectivity index (χ1n) is 9.39. The van der Waals surface area contributed by atoms with Crippen LogP contribution in [0.15, 0.2) is 53.7 Å². The molecule has 136 valence electrons. The normalized spacial score (nSPS) is 15.0. The van der Waals surface area contributed by atoms with Gasteiger partial charge in [0.1, 0.15) is 5.82 Å². The zero-order chi connectivity index (χ0) is 18.4. The first-order valence-corrected chi connectivity index (χ1v) is 9.39. The number of pyridine rings is 2. The minimum atomic E-state index is 0.0482. The molecule has 5 rings (SSSR count). The Labute approximate surface area is 156 Å². The fourth-order valence-corrected chi connectivity index (χ4v) is 4.21. The van der Waals surface area contributed by atoms with Crippen LogP contribution in [0.5, 0.6) is 0 Å². The number of aryl methyl sites for hydroxylation is 1. The van der Waals surface area contributed by atoms with Crippen molar-refractivity contribution in [1.82, 2.24) is 19.1 Å². The summed E-state index contributed by atoms with van der Waals surface area (Å²) in [5.41, 5.74) is 2.85. The summed E-state index contributed by atoms with van der Waals surface area (Å²) in [6.07, 6.45) is 9.95. The van der Waals surface area contributed by atoms with Crippen molar-refractivity contribution in [3.8, 4) is 0 Å². The highest BCUT2D eigenvalue weighted by molar-refractivity contribution is 5.95. The second kappa shape index (κ2) is 6.23. The van der Waals surface area contributed by atoms with E-state index in [1.165, 1.54) is 12.8 Å². The summed E-state index contributed by atoms with van der Waals surface area (Å²) < 4.78 is 3.66. The molecule has 4 aromatic rings. The fourth-order valence-electron chi connectivity index (χ4n) is 4.21. The molecule has 27 heavy (non-hydrogen) atoms. The van der Waals surface area contributed by atoms with E-state index in [0.717, 1.165) is 46.2 Å². The summed E-state index contributed by atoms with van der Waals surface area (Å²) in [5, 5.41) is 5.59. The summed E-state index contributed by atoms with van der Waals surface area (Å²) in [6, 6.07) is 10.4. The van der Waals surface area contributed by atoms with Crippen LogP contribution in [0.2, 0.25) is 0 Å². The molecule has 1 N–H and O–H groups in total. The van der Waals surface area contributed by atoms with Gasteiger partial charge in [-0.3, -0.25) is 14.1 Å². The van der Waals surface area contributed by atoms with Crippen molar-refractivity contribution in [2.75, 3.05) is 5.32 Å². The molecule has 0 spiro atoms. The van der Waals surface area contributed by atoms with Crippen LogP contribution in [0.1, 0.15) is 31.7 Å². The first-order chi connectivity index (χ1) is 13.2. The predicted octanol–water partition coefficient (Wildman–Crippen LogP) is 4.14. The van der Waals surface area contributed by atoms with Gasteiger partial charge in [0.15, 0.2) is 0 Å². The van der Waals surface area contributed by atoms with Gasteiger partial charge in [-0.05, 0) is 25.0 Å². The van der Waals surface area contributed by atoms with Gasteiger partial charge in [-0.2, -0.15) is 0 Å². The van der Waals surface area contributed by atoms with Gasteiger partial charge in [0, 0.05) is 48.0 Å². The Kier molecular flexibility index (Phi) is 3.70. The molecule has 0 amide bonds. The topological polar surface area (TPSA) is 64.7 Å². The maximum atomic E-state index is 12.8. The van der Waals surface area contributed by atoms with Crippen molar-refractivity contribution < 1.29 is 0 Å². The van der Waals surface area contributed by atoms with Crippen molar-refractivity contribution in [1.29, 1.82) is 0 Å². The van der Waals surface area contributed by atoms with E-state index in [1.807, 2.05) is 48.1 Å². The van der Waals surface area contributed by atoms with E-state index >= 15 is 0 Å². The Morgan fingerprint density at radius 1 is 1.11 bits per heavy atom. The number of aromatic nitrogens is 4. The second-order valence-corrected chi connectivity index (χ2v) is 7.24. The molecule has 6 nitrogen and oxygen atoms in total. The number of nitrogens with one attached hydrogen (secondary N) is 1. The first kappa shape index (κ1) is 16.1. The van der Waals surface area contributed by atoms with Crippen LogP contribution in [0.3, 0.4) is 0 Å². The lowest BCUT2D eigenvalue weighted by molar-refractivity contribution is 0.509. The van der Waals surface area contributed by atoms with Crippen molar-refractivity contribution in [2.24, 2.45) is 7.05 Å². The number of fused-ring (bicyclic) bond motifs is 2. The zero-order valence-corrected chi connectivity index (χ0v) is 15.2. The Morgan fingerprint density at radius 3 is 2.81 bits per heavy atom. The lowest BCUT2D eigenvalue weighted by atomic mass is 10.1. The largest absolute Gasteiger partial charge is 0.340 e. The molecule has 1 saturated carbocycles. The molecule has 3 heterocycles. The molecule has 1 aromatic carbocycles. The van der Waals surface area contributed by atoms with Crippen LogP contribution in [0.4, 0.5) is 11.5 Å². The van der Waals surface area contributed by atoms with Crippen LogP contribution in [0.25, 0.3) is 21.8 Å². The average molecular weight is 359 g/mol. The van der Waals surface area contributed by atoms with E-state index in [9.17, 15) is 4.79 Å². The monoisotopic (exact) mass is 359 g/mol. The maximum Gasteiger partial charge on any atom is 0.329 e. The summed E-state index contributed by atoms with van der Waals surface area (Å²) in [4.78, 5) is 21.5. The van der Waals surface area contributed by atoms with Gasteiger partial charge in [-0.25, -0.2) is 9.78 Å². The van der Waals surface area contributed by atoms with E-state index in [1.54, 1.807) is 17.0 Å². The standard InChI is InChI=1S/C21H21N5O/c1-25-19-13-23-20(11-18(19)26(21(25)27)15-6-2-3-7-15)24-17-8-4-5-14-12-22-10-9-16(14)17/h4-5,8-13,15H,2-3,6-7H2,1H3,(H,23,24). The third-order valence-electron chi connectivity index (χ3n) is 5.61. The minimum Gasteiger partial charge on any atom is -0.340 e. The summed E-state index contributed by atoms with van der Waals surface area (Å²) in [6.45, 7) is 0. The smallest absolute Gasteiger partial charge is 0.329 e. The van der Waals surface area contributed by atoms with Crippen molar-refractivity contribution >= 4 is 33.3 Å². The van der Waals surface area contributed by atoms with Crippen molar-refractivity contribution in [3.63, 3.8) is 0 Å². The van der Waals surface area contributed by atoms with Gasteiger partial charge in [-0.15, -0.1) is 0 Å². The highest BCUT2D eigenvalue weighted by atomic mass is 16.1. The van der Waals surface area contributed by atoms with Crippen molar-refractivity contribution in [2.45, 2.75) is 31.7 Å². The average Bonchev–Trinajstić information content (AvgIpc) is 3.29. The predicted molar refractivity (Wildman–Crippen MR) is 108 cm³/mol. The quantitative estimate of drug-likeness (QED) is 0.597. The number of anilines is 2. The molecule has 3 aromatic heterocycles. The van der Waals surface area contributed by atoms with Gasteiger partial charge in [0.2, 0.25) is 0 Å². The van der Waals surface area contributed by atoms with E-state index < -0.39 is 0 Å². The molecule has 0 radical (unpaired) electrons. The highest BCUT2D eigenvalue weighted by Crippen LogP contribution is 2.32. The second-order valence-electron chi connectivity index (χ2n) is 7.24. The molecule has 0 aliphatic heterocycles. The van der Waals surface area contributed by atoms with Crippen molar-refractivity contribution in [3.05, 3.63) is 59.4 Å². The highest BCUT2D eigenvalue weighted by Gasteiger charge is 2.23. The zero-order valence-electron chi connectivity index (χ0n) is 15.2. The molecule has 1 fully saturated rings. The Balaban J connectivity index is 1.62. The Bertz CT molecular complexity index is 1200. The molecule has 0 saturated heterocycles. The van der Waals surface area contributed by atoms with Gasteiger partial charge in [0.05, 0.1) is 17.2 Å². The molecule has 1 aliphatic rings. The van der Waals surface area contributed by atoms with E-state index in [0.29, 0.717) is 6.04 Å². The lowest BCUT2D eigenvalue weighted by Gasteiger charge is -2.12. The molecule has 0 unspecified atom stereocenters. The van der Waals surface area contributed by atoms with Gasteiger partial charge in [-0.1, -0.05) is 25.0 Å². The van der Waals surface area contributed by atoms with Gasteiger partial charge < -0.3 is 5.32 Å². The number of imidazole rings is 1. The Morgan fingerprint density at radius 2 is 1.96 bits per heavy atom. The van der Waals surface area contributed by atoms with E-state index in [4.69, 9.17) is 0 Å². The number of benzene rings is 1. The molecule has 6 heteroatoms. The van der Waals surface area contributed by atoms with Gasteiger partial charge in [0.25, 0.3) is 0 Å². The molecular formula is C21H21N5O. The lowest BCUT2D eigenvalue weighted by Crippen LogP contribution is -2.24. The summed E-state index contributed by atoms with van der Waals surface area (Å²) in [7, 11) is 1.82. The fraction of sp³-hybridized carbons (Fsp3) is 0.286. The van der Waals surface area contributed by atoms with Crippen LogP contribution in [-0.2, 0) is 7.05 Å². The Hall–Kier alpha value is -3.15.